The number of benzene rings is 1. The molecule has 1 aromatic carbocycles. The molecule has 35 heavy (non-hydrogen) atoms. The zero-order valence-corrected chi connectivity index (χ0v) is 23.2. The van der Waals surface area contributed by atoms with Crippen LogP contribution in [0.15, 0.2) is 71.3 Å². The number of hydrogen-bond acceptors (Lipinski definition) is 3. The Balaban J connectivity index is 1.88. The van der Waals surface area contributed by atoms with E-state index in [1.165, 1.54) is 47.2 Å². The van der Waals surface area contributed by atoms with E-state index in [1.807, 2.05) is 0 Å². The number of nitrogens with zero attached hydrogens (tertiary/aromatic N) is 2. The molecule has 0 aromatic heterocycles. The molecule has 1 N–H and O–H groups in total. The molecule has 0 amide bonds. The number of nitrogens with one attached hydrogen (secondary N) is 1. The van der Waals surface area contributed by atoms with E-state index in [9.17, 15) is 0 Å². The fourth-order valence-electron chi connectivity index (χ4n) is 5.57. The monoisotopic (exact) mass is 473 g/mol. The SMILES string of the molecule is C=CC1/C(C)=C\C(=Nc2ccc3c(c2)C(C)NN3C)/C=C(\C)CCCC1CCC(=C)C(C)C(C)C. The summed E-state index contributed by atoms with van der Waals surface area (Å²) in [5, 5.41) is 2.10. The predicted molar refractivity (Wildman–Crippen MR) is 154 cm³/mol. The molecule has 0 radical (unpaired) electrons. The first-order valence-electron chi connectivity index (χ1n) is 13.5. The molecule has 0 fully saturated rings. The first-order chi connectivity index (χ1) is 16.6. The second-order valence-corrected chi connectivity index (χ2v) is 11.2. The third-order valence-electron chi connectivity index (χ3n) is 8.17. The number of hydrazine groups is 1. The van der Waals surface area contributed by atoms with Crippen LogP contribution < -0.4 is 10.4 Å². The van der Waals surface area contributed by atoms with E-state index < -0.39 is 0 Å². The van der Waals surface area contributed by atoms with E-state index in [4.69, 9.17) is 4.99 Å². The van der Waals surface area contributed by atoms with Gasteiger partial charge in [-0.25, -0.2) is 10.4 Å². The summed E-state index contributed by atoms with van der Waals surface area (Å²) in [6, 6.07) is 6.83. The van der Waals surface area contributed by atoms with Gasteiger partial charge in [-0.1, -0.05) is 50.1 Å². The standard InChI is InChI=1S/C32H47N3/c1-10-30-24(6)19-29(33-28-16-17-32-31(20-28)26(8)34-35(32)9)18-22(4)12-11-13-27(30)15-14-23(5)25(7)21(2)3/h10,16-21,25-27,30,34H,1,5,11-15H2,2-4,6-9H3/b22-18+,24-19-,33-29?. The zero-order chi connectivity index (χ0) is 25.7. The van der Waals surface area contributed by atoms with Crippen molar-refractivity contribution in [1.29, 1.82) is 0 Å². The highest BCUT2D eigenvalue weighted by atomic mass is 15.5. The van der Waals surface area contributed by atoms with Crippen LogP contribution in [0.2, 0.25) is 0 Å². The Morgan fingerprint density at radius 2 is 1.97 bits per heavy atom. The maximum absolute atomic E-state index is 5.11. The molecule has 1 heterocycles. The van der Waals surface area contributed by atoms with Gasteiger partial charge in [-0.05, 0) is 107 Å². The van der Waals surface area contributed by atoms with Gasteiger partial charge in [0.15, 0.2) is 0 Å². The van der Waals surface area contributed by atoms with Crippen LogP contribution in [-0.4, -0.2) is 12.8 Å². The molecule has 0 saturated carbocycles. The Labute approximate surface area is 214 Å². The normalized spacial score (nSPS) is 28.2. The highest BCUT2D eigenvalue weighted by Gasteiger charge is 2.24. The van der Waals surface area contributed by atoms with Crippen LogP contribution >= 0.6 is 0 Å². The summed E-state index contributed by atoms with van der Waals surface area (Å²) in [6.07, 6.45) is 12.6. The van der Waals surface area contributed by atoms with Gasteiger partial charge in [-0.3, -0.25) is 0 Å². The molecule has 1 aromatic rings. The molecule has 0 bridgehead atoms. The molecule has 4 atom stereocenters. The van der Waals surface area contributed by atoms with Gasteiger partial charge in [0.25, 0.3) is 0 Å². The lowest BCUT2D eigenvalue weighted by molar-refractivity contribution is 0.358. The van der Waals surface area contributed by atoms with E-state index in [0.717, 1.165) is 24.2 Å². The minimum Gasteiger partial charge on any atom is -0.311 e. The van der Waals surface area contributed by atoms with Crippen molar-refractivity contribution >= 4 is 17.1 Å². The van der Waals surface area contributed by atoms with Gasteiger partial charge in [0, 0.05) is 13.0 Å². The lowest BCUT2D eigenvalue weighted by Crippen LogP contribution is -2.28. The van der Waals surface area contributed by atoms with Crippen molar-refractivity contribution in [1.82, 2.24) is 5.43 Å². The Hall–Kier alpha value is -2.39. The summed E-state index contributed by atoms with van der Waals surface area (Å²) < 4.78 is 0. The third-order valence-corrected chi connectivity index (χ3v) is 8.17. The Morgan fingerprint density at radius 1 is 1.23 bits per heavy atom. The van der Waals surface area contributed by atoms with Crippen LogP contribution in [0, 0.1) is 23.7 Å². The van der Waals surface area contributed by atoms with Crippen molar-refractivity contribution in [3.8, 4) is 0 Å². The molecule has 190 valence electrons. The van der Waals surface area contributed by atoms with Gasteiger partial charge in [0.2, 0.25) is 0 Å². The molecule has 3 heteroatoms. The highest BCUT2D eigenvalue weighted by molar-refractivity contribution is 6.06. The van der Waals surface area contributed by atoms with Gasteiger partial charge in [-0.15, -0.1) is 6.58 Å². The molecule has 4 unspecified atom stereocenters. The number of rotatable bonds is 7. The van der Waals surface area contributed by atoms with E-state index in [2.05, 4.69) is 109 Å². The number of fused-ring (bicyclic) bond motifs is 1. The Bertz CT molecular complexity index is 1010. The molecule has 1 aliphatic heterocycles. The van der Waals surface area contributed by atoms with Crippen LogP contribution in [0.25, 0.3) is 0 Å². The molecule has 3 nitrogen and oxygen atoms in total. The van der Waals surface area contributed by atoms with Gasteiger partial charge in [0.1, 0.15) is 0 Å². The predicted octanol–water partition coefficient (Wildman–Crippen LogP) is 8.90. The topological polar surface area (TPSA) is 27.6 Å². The largest absolute Gasteiger partial charge is 0.311 e. The fourth-order valence-corrected chi connectivity index (χ4v) is 5.57. The van der Waals surface area contributed by atoms with Gasteiger partial charge in [-0.2, -0.15) is 0 Å². The molecule has 1 aliphatic carbocycles. The van der Waals surface area contributed by atoms with Gasteiger partial charge < -0.3 is 5.01 Å². The zero-order valence-electron chi connectivity index (χ0n) is 23.2. The van der Waals surface area contributed by atoms with Crippen molar-refractivity contribution in [2.24, 2.45) is 28.7 Å². The number of hydrogen-bond donors (Lipinski definition) is 1. The summed E-state index contributed by atoms with van der Waals surface area (Å²) in [4.78, 5) is 5.11. The van der Waals surface area contributed by atoms with Crippen molar-refractivity contribution in [2.75, 3.05) is 12.1 Å². The maximum Gasteiger partial charge on any atom is 0.0641 e. The first-order valence-corrected chi connectivity index (χ1v) is 13.5. The summed E-state index contributed by atoms with van der Waals surface area (Å²) in [6.45, 7) is 22.3. The number of anilines is 1. The third kappa shape index (κ3) is 6.85. The van der Waals surface area contributed by atoms with E-state index in [1.54, 1.807) is 0 Å². The van der Waals surface area contributed by atoms with Crippen LogP contribution in [-0.2, 0) is 0 Å². The van der Waals surface area contributed by atoms with Crippen LogP contribution in [0.4, 0.5) is 11.4 Å². The first kappa shape index (κ1) is 27.2. The minimum absolute atomic E-state index is 0.299. The lowest BCUT2D eigenvalue weighted by Gasteiger charge is -2.28. The van der Waals surface area contributed by atoms with Crippen molar-refractivity contribution < 1.29 is 0 Å². The Kier molecular flexibility index (Phi) is 9.35. The average Bonchev–Trinajstić information content (AvgIpc) is 3.08. The summed E-state index contributed by atoms with van der Waals surface area (Å²) in [5.74, 6) is 2.18. The number of allylic oxidation sites excluding steroid dienone is 6. The van der Waals surface area contributed by atoms with Gasteiger partial charge in [0.05, 0.1) is 23.1 Å². The summed E-state index contributed by atoms with van der Waals surface area (Å²) >= 11 is 0. The fraction of sp³-hybridized carbons (Fsp3) is 0.531. The minimum atomic E-state index is 0.299. The average molecular weight is 474 g/mol. The van der Waals surface area contributed by atoms with Crippen molar-refractivity contribution in [3.05, 3.63) is 71.9 Å². The number of aliphatic imine (C=N–C) groups is 1. The van der Waals surface area contributed by atoms with Crippen molar-refractivity contribution in [3.63, 3.8) is 0 Å². The van der Waals surface area contributed by atoms with Crippen molar-refractivity contribution in [2.45, 2.75) is 79.7 Å². The molecule has 0 spiro atoms. The molecule has 3 rings (SSSR count). The summed E-state index contributed by atoms with van der Waals surface area (Å²) in [5.41, 5.74) is 12.2. The highest BCUT2D eigenvalue weighted by Crippen LogP contribution is 2.36. The molecule has 2 aliphatic rings. The van der Waals surface area contributed by atoms with E-state index in [-0.39, 0.29) is 0 Å². The quantitative estimate of drug-likeness (QED) is 0.400. The molecule has 0 saturated heterocycles. The van der Waals surface area contributed by atoms with Crippen LogP contribution in [0.3, 0.4) is 0 Å². The Morgan fingerprint density at radius 3 is 2.66 bits per heavy atom. The van der Waals surface area contributed by atoms with E-state index >= 15 is 0 Å². The summed E-state index contributed by atoms with van der Waals surface area (Å²) in [7, 11) is 2.07. The van der Waals surface area contributed by atoms with E-state index in [0.29, 0.717) is 29.7 Å². The van der Waals surface area contributed by atoms with Gasteiger partial charge >= 0.3 is 0 Å². The second kappa shape index (κ2) is 12.0. The maximum atomic E-state index is 5.11. The smallest absolute Gasteiger partial charge is 0.0641 e. The second-order valence-electron chi connectivity index (χ2n) is 11.2. The molecular weight excluding hydrogens is 426 g/mol. The van der Waals surface area contributed by atoms with Crippen LogP contribution in [0.5, 0.6) is 0 Å². The lowest BCUT2D eigenvalue weighted by atomic mass is 9.77. The molecular formula is C32H47N3. The van der Waals surface area contributed by atoms with Crippen LogP contribution in [0.1, 0.15) is 85.3 Å².